The zero-order chi connectivity index (χ0) is 23.5. The summed E-state index contributed by atoms with van der Waals surface area (Å²) < 4.78 is 6.29. The number of hydrogen-bond acceptors (Lipinski definition) is 5. The summed E-state index contributed by atoms with van der Waals surface area (Å²) in [6.45, 7) is 6.05. The molecule has 3 aromatic rings. The molecule has 1 atom stereocenters. The first kappa shape index (κ1) is 22.9. The number of furan rings is 1. The van der Waals surface area contributed by atoms with Crippen LogP contribution in [0.1, 0.15) is 36.8 Å². The number of halogens is 1. The molecule has 1 unspecified atom stereocenters. The standard InChI is InChI=1S/C26H25BrN2O4/c1-3-28(4-2)20-13-9-17(10-14-20)23-22(24(30)18-7-11-19(27)12-8-18)25(31)26(32)29(23)16-21-6-5-15-33-21/h5-15,23,30H,3-4,16H2,1-2H3. The molecular formula is C26H25BrN2O4. The zero-order valence-electron chi connectivity index (χ0n) is 18.5. The molecule has 2 heterocycles. The Morgan fingerprint density at radius 1 is 1.03 bits per heavy atom. The minimum Gasteiger partial charge on any atom is -0.507 e. The number of hydrogen-bond donors (Lipinski definition) is 1. The normalized spacial score (nSPS) is 17.5. The van der Waals surface area contributed by atoms with E-state index in [0.717, 1.165) is 28.8 Å². The number of benzene rings is 2. The van der Waals surface area contributed by atoms with Crippen molar-refractivity contribution in [1.29, 1.82) is 0 Å². The summed E-state index contributed by atoms with van der Waals surface area (Å²) in [6, 6.07) is 17.5. The molecular weight excluding hydrogens is 484 g/mol. The Morgan fingerprint density at radius 3 is 2.27 bits per heavy atom. The highest BCUT2D eigenvalue weighted by Gasteiger charge is 2.46. The molecule has 170 valence electrons. The third kappa shape index (κ3) is 4.46. The van der Waals surface area contributed by atoms with Crippen LogP contribution in [0, 0.1) is 0 Å². The summed E-state index contributed by atoms with van der Waals surface area (Å²) in [5.74, 6) is -1.01. The lowest BCUT2D eigenvalue weighted by atomic mass is 9.95. The average molecular weight is 509 g/mol. The largest absolute Gasteiger partial charge is 0.507 e. The number of likely N-dealkylation sites (tertiary alicyclic amines) is 1. The highest BCUT2D eigenvalue weighted by molar-refractivity contribution is 9.10. The molecule has 6 nitrogen and oxygen atoms in total. The van der Waals surface area contributed by atoms with Crippen molar-refractivity contribution in [2.75, 3.05) is 18.0 Å². The molecule has 1 aliphatic heterocycles. The molecule has 0 saturated carbocycles. The summed E-state index contributed by atoms with van der Waals surface area (Å²) in [7, 11) is 0. The predicted octanol–water partition coefficient (Wildman–Crippen LogP) is 5.51. The number of amides is 1. The third-order valence-electron chi connectivity index (χ3n) is 5.90. The van der Waals surface area contributed by atoms with Gasteiger partial charge in [-0.15, -0.1) is 0 Å². The van der Waals surface area contributed by atoms with Crippen molar-refractivity contribution in [3.8, 4) is 0 Å². The van der Waals surface area contributed by atoms with Gasteiger partial charge in [-0.05, 0) is 55.8 Å². The Labute approximate surface area is 201 Å². The molecule has 0 bridgehead atoms. The molecule has 7 heteroatoms. The number of nitrogens with zero attached hydrogens (tertiary/aromatic N) is 2. The summed E-state index contributed by atoms with van der Waals surface area (Å²) in [4.78, 5) is 29.8. The van der Waals surface area contributed by atoms with Gasteiger partial charge < -0.3 is 19.3 Å². The molecule has 2 aromatic carbocycles. The minimum absolute atomic E-state index is 0.0736. The second-order valence-electron chi connectivity index (χ2n) is 7.78. The molecule has 1 saturated heterocycles. The van der Waals surface area contributed by atoms with Crippen molar-refractivity contribution in [1.82, 2.24) is 4.90 Å². The van der Waals surface area contributed by atoms with Gasteiger partial charge in [-0.1, -0.05) is 40.2 Å². The van der Waals surface area contributed by atoms with Crippen LogP contribution >= 0.6 is 15.9 Å². The maximum Gasteiger partial charge on any atom is 0.296 e. The SMILES string of the molecule is CCN(CC)c1ccc(C2C(=C(O)c3ccc(Br)cc3)C(=O)C(=O)N2Cc2ccco2)cc1. The van der Waals surface area contributed by atoms with Crippen molar-refractivity contribution in [3.05, 3.63) is 93.9 Å². The fraction of sp³-hybridized carbons (Fsp3) is 0.231. The number of rotatable bonds is 7. The number of carbonyl (C=O) groups is 2. The van der Waals surface area contributed by atoms with Crippen molar-refractivity contribution >= 4 is 39.1 Å². The minimum atomic E-state index is -0.732. The number of aliphatic hydroxyl groups is 1. The Balaban J connectivity index is 1.82. The van der Waals surface area contributed by atoms with Crippen molar-refractivity contribution in [3.63, 3.8) is 0 Å². The van der Waals surface area contributed by atoms with Gasteiger partial charge in [-0.2, -0.15) is 0 Å². The molecule has 1 N–H and O–H groups in total. The van der Waals surface area contributed by atoms with Gasteiger partial charge in [-0.3, -0.25) is 9.59 Å². The molecule has 1 aliphatic rings. The van der Waals surface area contributed by atoms with Crippen molar-refractivity contribution in [2.24, 2.45) is 0 Å². The van der Waals surface area contributed by atoms with Crippen LogP contribution in [0.4, 0.5) is 5.69 Å². The van der Waals surface area contributed by atoms with Crippen molar-refractivity contribution in [2.45, 2.75) is 26.4 Å². The van der Waals surface area contributed by atoms with Gasteiger partial charge in [0.15, 0.2) is 0 Å². The molecule has 1 aromatic heterocycles. The van der Waals surface area contributed by atoms with E-state index in [-0.39, 0.29) is 17.9 Å². The first-order chi connectivity index (χ1) is 15.9. The number of ketones is 1. The summed E-state index contributed by atoms with van der Waals surface area (Å²) >= 11 is 3.38. The number of anilines is 1. The lowest BCUT2D eigenvalue weighted by molar-refractivity contribution is -0.140. The smallest absolute Gasteiger partial charge is 0.296 e. The number of Topliss-reactive ketones (excluding diaryl/α,β-unsaturated/α-hetero) is 1. The lowest BCUT2D eigenvalue weighted by Crippen LogP contribution is -2.29. The van der Waals surface area contributed by atoms with Gasteiger partial charge in [-0.25, -0.2) is 0 Å². The topological polar surface area (TPSA) is 74.0 Å². The third-order valence-corrected chi connectivity index (χ3v) is 6.43. The van der Waals surface area contributed by atoms with E-state index in [1.807, 2.05) is 24.3 Å². The van der Waals surface area contributed by atoms with Crippen LogP contribution in [-0.2, 0) is 16.1 Å². The van der Waals surface area contributed by atoms with Gasteiger partial charge in [0, 0.05) is 28.8 Å². The first-order valence-electron chi connectivity index (χ1n) is 10.9. The molecule has 0 spiro atoms. The van der Waals surface area contributed by atoms with Crippen molar-refractivity contribution < 1.29 is 19.1 Å². The second-order valence-corrected chi connectivity index (χ2v) is 8.69. The van der Waals surface area contributed by atoms with Gasteiger partial charge in [0.2, 0.25) is 0 Å². The maximum atomic E-state index is 13.1. The fourth-order valence-corrected chi connectivity index (χ4v) is 4.44. The Hall–Kier alpha value is -3.32. The highest BCUT2D eigenvalue weighted by atomic mass is 79.9. The Kier molecular flexibility index (Phi) is 6.70. The monoisotopic (exact) mass is 508 g/mol. The van der Waals surface area contributed by atoms with E-state index >= 15 is 0 Å². The zero-order valence-corrected chi connectivity index (χ0v) is 20.1. The first-order valence-corrected chi connectivity index (χ1v) is 11.7. The molecule has 0 aliphatic carbocycles. The fourth-order valence-electron chi connectivity index (χ4n) is 4.18. The van der Waals surface area contributed by atoms with E-state index < -0.39 is 17.7 Å². The molecule has 0 radical (unpaired) electrons. The summed E-state index contributed by atoms with van der Waals surface area (Å²) in [6.07, 6.45) is 1.53. The van der Waals surface area contributed by atoms with E-state index in [1.165, 1.54) is 11.2 Å². The molecule has 1 amide bonds. The number of carbonyl (C=O) groups excluding carboxylic acids is 2. The Bertz CT molecular complexity index is 1160. The van der Waals surface area contributed by atoms with Crippen LogP contribution in [0.3, 0.4) is 0 Å². The number of aliphatic hydroxyl groups excluding tert-OH is 1. The highest BCUT2D eigenvalue weighted by Crippen LogP contribution is 2.40. The van der Waals surface area contributed by atoms with Gasteiger partial charge in [0.1, 0.15) is 11.5 Å². The van der Waals surface area contributed by atoms with Crippen LogP contribution in [-0.4, -0.2) is 34.8 Å². The van der Waals surface area contributed by atoms with Gasteiger partial charge >= 0.3 is 0 Å². The molecule has 4 rings (SSSR count). The van der Waals surface area contributed by atoms with E-state index in [1.54, 1.807) is 36.4 Å². The van der Waals surface area contributed by atoms with Gasteiger partial charge in [0.25, 0.3) is 11.7 Å². The maximum absolute atomic E-state index is 13.1. The average Bonchev–Trinajstić information content (AvgIpc) is 3.43. The van der Waals surface area contributed by atoms with Crippen LogP contribution in [0.25, 0.3) is 5.76 Å². The van der Waals surface area contributed by atoms with E-state index in [4.69, 9.17) is 4.42 Å². The Morgan fingerprint density at radius 2 is 1.70 bits per heavy atom. The van der Waals surface area contributed by atoms with E-state index in [9.17, 15) is 14.7 Å². The second kappa shape index (κ2) is 9.67. The van der Waals surface area contributed by atoms with E-state index in [0.29, 0.717) is 11.3 Å². The van der Waals surface area contributed by atoms with E-state index in [2.05, 4.69) is 34.7 Å². The van der Waals surface area contributed by atoms with Crippen LogP contribution < -0.4 is 4.90 Å². The van der Waals surface area contributed by atoms with Gasteiger partial charge in [0.05, 0.1) is 24.4 Å². The molecule has 33 heavy (non-hydrogen) atoms. The van der Waals surface area contributed by atoms with Crippen LogP contribution in [0.5, 0.6) is 0 Å². The predicted molar refractivity (Wildman–Crippen MR) is 131 cm³/mol. The van der Waals surface area contributed by atoms with Crippen LogP contribution in [0.15, 0.2) is 81.4 Å². The summed E-state index contributed by atoms with van der Waals surface area (Å²) in [5.41, 5.74) is 2.35. The lowest BCUT2D eigenvalue weighted by Gasteiger charge is -2.26. The quantitative estimate of drug-likeness (QED) is 0.258. The molecule has 1 fully saturated rings. The van der Waals surface area contributed by atoms with Crippen LogP contribution in [0.2, 0.25) is 0 Å². The summed E-state index contributed by atoms with van der Waals surface area (Å²) in [5, 5.41) is 11.1.